The zero-order chi connectivity index (χ0) is 34.0. The van der Waals surface area contributed by atoms with Crippen molar-refractivity contribution in [2.45, 2.75) is 13.5 Å². The summed E-state index contributed by atoms with van der Waals surface area (Å²) in [6.07, 6.45) is 0. The molecular weight excluding hydrogens is 599 g/mol. The lowest BCUT2D eigenvalue weighted by Crippen LogP contribution is -2.10. The van der Waals surface area contributed by atoms with E-state index in [4.69, 9.17) is 21.3 Å². The number of rotatable bonds is 5. The Kier molecular flexibility index (Phi) is 10.4. The zero-order valence-corrected chi connectivity index (χ0v) is 27.5. The van der Waals surface area contributed by atoms with Crippen molar-refractivity contribution in [1.29, 1.82) is 5.41 Å². The quantitative estimate of drug-likeness (QED) is 0.130. The van der Waals surface area contributed by atoms with Crippen LogP contribution in [0.4, 0.5) is 0 Å². The summed E-state index contributed by atoms with van der Waals surface area (Å²) < 4.78 is 6.46. The van der Waals surface area contributed by atoms with Crippen LogP contribution in [-0.4, -0.2) is 5.84 Å². The number of furan rings is 1. The number of nitrogens with two attached hydrogens (primary N) is 2. The normalized spacial score (nSPS) is 10.5. The highest BCUT2D eigenvalue weighted by molar-refractivity contribution is 6.13. The van der Waals surface area contributed by atoms with Gasteiger partial charge in [-0.3, -0.25) is 5.41 Å². The second-order valence-corrected chi connectivity index (χ2v) is 11.7. The van der Waals surface area contributed by atoms with E-state index in [1.54, 1.807) is 0 Å². The predicted octanol–water partition coefficient (Wildman–Crippen LogP) is 11.0. The summed E-state index contributed by atoms with van der Waals surface area (Å²) >= 11 is 0. The largest absolute Gasteiger partial charge is 0.455 e. The van der Waals surface area contributed by atoms with Crippen molar-refractivity contribution in [3.05, 3.63) is 193 Å². The number of nitrogens with one attached hydrogen (secondary N) is 1. The third-order valence-corrected chi connectivity index (χ3v) is 8.32. The molecule has 7 aromatic carbocycles. The molecule has 0 aliphatic carbocycles. The molecule has 0 atom stereocenters. The topological polar surface area (TPSA) is 89.0 Å². The molecule has 1 aromatic heterocycles. The van der Waals surface area contributed by atoms with Gasteiger partial charge in [-0.15, -0.1) is 0 Å². The molecule has 4 nitrogen and oxygen atoms in total. The molecule has 0 amide bonds. The van der Waals surface area contributed by atoms with Gasteiger partial charge in [0.05, 0.1) is 0 Å². The molecule has 8 aromatic rings. The molecule has 0 saturated heterocycles. The number of para-hydroxylation sites is 2. The monoisotopic (exact) mass is 637 g/mol. The smallest absolute Gasteiger partial charge is 0.143 e. The first-order valence-corrected chi connectivity index (χ1v) is 16.3. The van der Waals surface area contributed by atoms with E-state index in [-0.39, 0.29) is 5.84 Å². The van der Waals surface area contributed by atoms with Gasteiger partial charge in [0.25, 0.3) is 0 Å². The van der Waals surface area contributed by atoms with Crippen molar-refractivity contribution in [3.63, 3.8) is 0 Å². The average Bonchev–Trinajstić information content (AvgIpc) is 3.56. The summed E-state index contributed by atoms with van der Waals surface area (Å²) in [5, 5.41) is 9.61. The van der Waals surface area contributed by atoms with Gasteiger partial charge in [-0.2, -0.15) is 0 Å². The molecule has 49 heavy (non-hydrogen) atoms. The van der Waals surface area contributed by atoms with E-state index in [2.05, 4.69) is 104 Å². The summed E-state index contributed by atoms with van der Waals surface area (Å²) in [4.78, 5) is 0. The van der Waals surface area contributed by atoms with Crippen molar-refractivity contribution in [2.75, 3.05) is 0 Å². The summed E-state index contributed by atoms with van der Waals surface area (Å²) in [5.41, 5.74) is 22.8. The van der Waals surface area contributed by atoms with Crippen molar-refractivity contribution >= 4 is 27.8 Å². The summed E-state index contributed by atoms with van der Waals surface area (Å²) in [7, 11) is 0. The first kappa shape index (κ1) is 32.7. The van der Waals surface area contributed by atoms with Crippen molar-refractivity contribution in [2.24, 2.45) is 11.5 Å². The fourth-order valence-electron chi connectivity index (χ4n) is 5.79. The molecule has 0 aliphatic heterocycles. The Hall–Kier alpha value is -6.23. The summed E-state index contributed by atoms with van der Waals surface area (Å²) in [5.74, 6) is 0.106. The second kappa shape index (κ2) is 15.6. The van der Waals surface area contributed by atoms with Crippen LogP contribution in [0.25, 0.3) is 55.3 Å². The van der Waals surface area contributed by atoms with E-state index in [9.17, 15) is 0 Å². The summed E-state index contributed by atoms with van der Waals surface area (Å²) in [6, 6.07) is 59.6. The van der Waals surface area contributed by atoms with Gasteiger partial charge in [0.2, 0.25) is 0 Å². The fourth-order valence-corrected chi connectivity index (χ4v) is 5.79. The van der Waals surface area contributed by atoms with Crippen LogP contribution in [0.5, 0.6) is 0 Å². The van der Waals surface area contributed by atoms with E-state index >= 15 is 0 Å². The van der Waals surface area contributed by atoms with E-state index in [1.165, 1.54) is 27.8 Å². The lowest BCUT2D eigenvalue weighted by molar-refractivity contribution is 0.671. The molecule has 4 heteroatoms. The Balaban J connectivity index is 0.000000152. The molecule has 0 aliphatic rings. The first-order chi connectivity index (χ1) is 24.0. The predicted molar refractivity (Wildman–Crippen MR) is 207 cm³/mol. The first-order valence-electron chi connectivity index (χ1n) is 16.3. The minimum Gasteiger partial charge on any atom is -0.455 e. The third-order valence-electron chi connectivity index (χ3n) is 8.32. The van der Waals surface area contributed by atoms with Gasteiger partial charge in [-0.25, -0.2) is 0 Å². The lowest BCUT2D eigenvalue weighted by atomic mass is 9.99. The number of hydrogen-bond acceptors (Lipinski definition) is 3. The van der Waals surface area contributed by atoms with Crippen molar-refractivity contribution in [3.8, 4) is 33.4 Å². The zero-order valence-electron chi connectivity index (χ0n) is 27.5. The molecule has 1 heterocycles. The lowest BCUT2D eigenvalue weighted by Gasteiger charge is -2.03. The molecule has 0 saturated carbocycles. The van der Waals surface area contributed by atoms with Gasteiger partial charge < -0.3 is 15.9 Å². The van der Waals surface area contributed by atoms with Crippen LogP contribution >= 0.6 is 0 Å². The maximum atomic E-state index is 7.29. The number of benzene rings is 7. The van der Waals surface area contributed by atoms with Crippen LogP contribution in [0.2, 0.25) is 0 Å². The van der Waals surface area contributed by atoms with Crippen molar-refractivity contribution in [1.82, 2.24) is 0 Å². The number of nitrogen functional groups attached to an aromatic ring is 1. The molecule has 0 spiro atoms. The minimum atomic E-state index is 0.106. The van der Waals surface area contributed by atoms with Crippen LogP contribution in [0, 0.1) is 12.3 Å². The maximum absolute atomic E-state index is 7.29. The molecular formula is C45H39N3O. The van der Waals surface area contributed by atoms with Gasteiger partial charge in [0.1, 0.15) is 17.0 Å². The van der Waals surface area contributed by atoms with Gasteiger partial charge in [-0.05, 0) is 34.7 Å². The molecule has 0 unspecified atom stereocenters. The minimum absolute atomic E-state index is 0.106. The molecule has 0 bridgehead atoms. The van der Waals surface area contributed by atoms with E-state index < -0.39 is 0 Å². The van der Waals surface area contributed by atoms with E-state index in [0.717, 1.165) is 44.2 Å². The molecule has 8 rings (SSSR count). The Morgan fingerprint density at radius 1 is 0.510 bits per heavy atom. The third kappa shape index (κ3) is 7.84. The highest BCUT2D eigenvalue weighted by Crippen LogP contribution is 2.39. The van der Waals surface area contributed by atoms with Gasteiger partial charge >= 0.3 is 0 Å². The number of aryl methyl sites for hydroxylation is 1. The SMILES string of the molecule is Cc1cccc(-c2cccc3c2oc2c(-c4ccccc4)cccc23)c1.N=C(N)c1ccc(-c2ccccc2)cc1.NCc1ccccc1. The van der Waals surface area contributed by atoms with E-state index in [0.29, 0.717) is 6.54 Å². The Morgan fingerprint density at radius 2 is 0.980 bits per heavy atom. The fraction of sp³-hybridized carbons (Fsp3) is 0.0444. The maximum Gasteiger partial charge on any atom is 0.143 e. The number of amidine groups is 1. The van der Waals surface area contributed by atoms with Gasteiger partial charge in [0.15, 0.2) is 0 Å². The van der Waals surface area contributed by atoms with E-state index in [1.807, 2.05) is 78.9 Å². The summed E-state index contributed by atoms with van der Waals surface area (Å²) in [6.45, 7) is 2.76. The Bertz CT molecular complexity index is 2270. The van der Waals surface area contributed by atoms with Crippen molar-refractivity contribution < 1.29 is 4.42 Å². The molecule has 240 valence electrons. The Labute approximate surface area is 287 Å². The van der Waals surface area contributed by atoms with Crippen LogP contribution in [0.3, 0.4) is 0 Å². The standard InChI is InChI=1S/C25H18O.C13H12N2.C7H9N/c1-17-8-5-11-19(16-17)21-13-7-15-23-22-14-6-12-20(24(22)26-25(21)23)18-9-3-2-4-10-18;14-13(15)12-8-6-11(7-9-12)10-4-2-1-3-5-10;8-6-7-4-2-1-3-5-7/h2-16H,1H3;1-9H,(H3,14,15);1-5H,6,8H2. The molecule has 0 radical (unpaired) electrons. The van der Waals surface area contributed by atoms with Crippen LogP contribution in [0.15, 0.2) is 180 Å². The van der Waals surface area contributed by atoms with Gasteiger partial charge in [0, 0.05) is 34.0 Å². The van der Waals surface area contributed by atoms with Crippen LogP contribution in [-0.2, 0) is 6.54 Å². The van der Waals surface area contributed by atoms with Crippen LogP contribution in [0.1, 0.15) is 16.7 Å². The molecule has 5 N–H and O–H groups in total. The highest BCUT2D eigenvalue weighted by atomic mass is 16.3. The number of hydrogen-bond donors (Lipinski definition) is 3. The highest BCUT2D eigenvalue weighted by Gasteiger charge is 2.15. The average molecular weight is 638 g/mol. The molecule has 0 fully saturated rings. The number of fused-ring (bicyclic) bond motifs is 3. The van der Waals surface area contributed by atoms with Crippen LogP contribution < -0.4 is 11.5 Å². The second-order valence-electron chi connectivity index (χ2n) is 11.7. The Morgan fingerprint density at radius 3 is 1.49 bits per heavy atom. The van der Waals surface area contributed by atoms with Gasteiger partial charge in [-0.1, -0.05) is 181 Å².